The molecule has 0 saturated heterocycles. The molecule has 0 aliphatic heterocycles. The molecule has 0 aromatic rings. The van der Waals surface area contributed by atoms with Crippen LogP contribution in [0.2, 0.25) is 0 Å². The zero-order valence-corrected chi connectivity index (χ0v) is 12.9. The number of hydrogen-bond donors (Lipinski definition) is 0. The molecule has 8 heteroatoms. The van der Waals surface area contributed by atoms with Crippen molar-refractivity contribution >= 4 is 34.8 Å². The van der Waals surface area contributed by atoms with Gasteiger partial charge in [0.25, 0.3) is 0 Å². The Morgan fingerprint density at radius 1 is 0.786 bits per heavy atom. The molecule has 0 unspecified atom stereocenters. The molecule has 0 N–H and O–H groups in total. The van der Waals surface area contributed by atoms with Crippen molar-refractivity contribution in [2.24, 2.45) is 0 Å². The number of Topliss-reactive ketones (excluding diaryl/α,β-unsaturated/α-hetero) is 2. The van der Waals surface area contributed by atoms with Crippen LogP contribution in [0.4, 0.5) is 0 Å². The van der Waals surface area contributed by atoms with Crippen LogP contribution in [0.5, 0.6) is 0 Å². The van der Waals surface area contributed by atoms with Crippen molar-refractivity contribution in [2.45, 2.75) is 0 Å². The van der Waals surface area contributed by atoms with E-state index in [1.165, 1.54) is 0 Å². The first-order chi connectivity index (χ1) is 5.46. The van der Waals surface area contributed by atoms with Gasteiger partial charge in [-0.25, -0.2) is 0 Å². The van der Waals surface area contributed by atoms with Crippen LogP contribution in [0.1, 0.15) is 0 Å². The molecule has 0 saturated carbocycles. The monoisotopic (exact) mass is 252 g/mol. The van der Waals surface area contributed by atoms with E-state index >= 15 is 0 Å². The smallest absolute Gasteiger partial charge is 0.869 e. The second-order valence-corrected chi connectivity index (χ2v) is 2.70. The van der Waals surface area contributed by atoms with Crippen molar-refractivity contribution in [2.75, 3.05) is 0 Å². The van der Waals surface area contributed by atoms with Crippen molar-refractivity contribution in [3.63, 3.8) is 0 Å². The largest absolute Gasteiger partial charge is 1.00 e. The molecule has 0 heterocycles. The second-order valence-electron chi connectivity index (χ2n) is 1.94. The normalized spacial score (nSPS) is 16.4. The van der Waals surface area contributed by atoms with Gasteiger partial charge in [-0.15, -0.1) is 0 Å². The Bertz CT molecular complexity index is 286. The Morgan fingerprint density at radius 2 is 1.00 bits per heavy atom. The molecule has 64 valence electrons. The zero-order chi connectivity index (χ0) is 9.46. The van der Waals surface area contributed by atoms with Crippen LogP contribution in [0, 0.1) is 0 Å². The van der Waals surface area contributed by atoms with Crippen molar-refractivity contribution in [3.8, 4) is 0 Å². The number of rotatable bonds is 0. The summed E-state index contributed by atoms with van der Waals surface area (Å²) < 4.78 is 0. The molecule has 1 aliphatic rings. The van der Waals surface area contributed by atoms with E-state index in [4.69, 9.17) is 23.2 Å². The third-order valence-corrected chi connectivity index (χ3v) is 1.90. The van der Waals surface area contributed by atoms with Gasteiger partial charge in [0, 0.05) is 0 Å². The Labute approximate surface area is 134 Å². The minimum Gasteiger partial charge on any atom is -0.869 e. The molecule has 0 bridgehead atoms. The zero-order valence-electron chi connectivity index (χ0n) is 7.39. The van der Waals surface area contributed by atoms with E-state index in [-0.39, 0.29) is 59.1 Å². The van der Waals surface area contributed by atoms with Gasteiger partial charge in [0.1, 0.15) is 0 Å². The van der Waals surface area contributed by atoms with Crippen LogP contribution in [0.25, 0.3) is 0 Å². The van der Waals surface area contributed by atoms with Crippen LogP contribution in [-0.2, 0) is 9.59 Å². The van der Waals surface area contributed by atoms with Crippen LogP contribution < -0.4 is 69.3 Å². The SMILES string of the molecule is O=C1C([O-])=C(Cl)C(=O)C([O-])=C1Cl.[Na+].[Na+]. The maximum Gasteiger partial charge on any atom is 1.00 e. The Hall–Kier alpha value is 1.00. The van der Waals surface area contributed by atoms with Crippen molar-refractivity contribution in [1.29, 1.82) is 0 Å². The van der Waals surface area contributed by atoms with Gasteiger partial charge in [-0.2, -0.15) is 0 Å². The van der Waals surface area contributed by atoms with Gasteiger partial charge in [-0.3, -0.25) is 9.59 Å². The van der Waals surface area contributed by atoms with E-state index in [0.29, 0.717) is 0 Å². The molecular formula is C6Cl2Na2O4. The predicted molar refractivity (Wildman–Crippen MR) is 35.8 cm³/mol. The summed E-state index contributed by atoms with van der Waals surface area (Å²) in [5.74, 6) is -4.92. The van der Waals surface area contributed by atoms with E-state index < -0.39 is 33.1 Å². The number of hydrogen-bond acceptors (Lipinski definition) is 4. The Balaban J connectivity index is 0. The molecule has 4 nitrogen and oxygen atoms in total. The molecule has 1 aliphatic carbocycles. The topological polar surface area (TPSA) is 80.3 Å². The third-order valence-electron chi connectivity index (χ3n) is 1.21. The molecule has 0 amide bonds. The summed E-state index contributed by atoms with van der Waals surface area (Å²) in [5.41, 5.74) is 0. The fourth-order valence-electron chi connectivity index (χ4n) is 0.605. The average Bonchev–Trinajstić information content (AvgIpc) is 2.08. The molecule has 0 aromatic heterocycles. The van der Waals surface area contributed by atoms with Crippen LogP contribution in [0.3, 0.4) is 0 Å². The predicted octanol–water partition coefficient (Wildman–Crippen LogP) is -7.23. The quantitative estimate of drug-likeness (QED) is 0.317. The molecule has 0 fully saturated rings. The van der Waals surface area contributed by atoms with Gasteiger partial charge >= 0.3 is 59.1 Å². The second kappa shape index (κ2) is 6.55. The number of allylic oxidation sites excluding steroid dienone is 2. The van der Waals surface area contributed by atoms with Gasteiger partial charge in [0.05, 0.1) is 10.1 Å². The molecule has 0 radical (unpaired) electrons. The number of ketones is 2. The van der Waals surface area contributed by atoms with E-state index in [9.17, 15) is 19.8 Å². The Kier molecular flexibility index (Phi) is 8.14. The molecule has 1 rings (SSSR count). The summed E-state index contributed by atoms with van der Waals surface area (Å²) in [6.07, 6.45) is 0. The first-order valence-corrected chi connectivity index (χ1v) is 3.45. The van der Waals surface area contributed by atoms with Gasteiger partial charge in [-0.1, -0.05) is 23.2 Å². The number of carbonyl (C=O) groups excluding carboxylic acids is 2. The summed E-state index contributed by atoms with van der Waals surface area (Å²) in [4.78, 5) is 21.4. The van der Waals surface area contributed by atoms with Crippen molar-refractivity contribution in [1.82, 2.24) is 0 Å². The van der Waals surface area contributed by atoms with Gasteiger partial charge < -0.3 is 10.2 Å². The summed E-state index contributed by atoms with van der Waals surface area (Å²) in [6.45, 7) is 0. The molecule has 0 atom stereocenters. The third kappa shape index (κ3) is 3.00. The van der Waals surface area contributed by atoms with Gasteiger partial charge in [0.15, 0.2) is 11.6 Å². The van der Waals surface area contributed by atoms with E-state index in [0.717, 1.165) is 0 Å². The van der Waals surface area contributed by atoms with Crippen molar-refractivity contribution in [3.05, 3.63) is 21.6 Å². The summed E-state index contributed by atoms with van der Waals surface area (Å²) >= 11 is 10.2. The summed E-state index contributed by atoms with van der Waals surface area (Å²) in [7, 11) is 0. The number of carbonyl (C=O) groups is 2. The van der Waals surface area contributed by atoms with Crippen molar-refractivity contribution < 1.29 is 78.9 Å². The minimum atomic E-state index is -1.23. The van der Waals surface area contributed by atoms with Crippen LogP contribution in [-0.4, -0.2) is 11.6 Å². The summed E-state index contributed by atoms with van der Waals surface area (Å²) in [5, 5.41) is 19.6. The average molecular weight is 253 g/mol. The Morgan fingerprint density at radius 3 is 1.21 bits per heavy atom. The van der Waals surface area contributed by atoms with E-state index in [2.05, 4.69) is 0 Å². The number of halogens is 2. The standard InChI is InChI=1S/C6H2Cl2O4.2Na/c7-1-3(9)5(11)2(8)6(12)4(1)10;;/h9,12H;;/q;2*+1/p-2. The van der Waals surface area contributed by atoms with Gasteiger partial charge in [-0.05, 0) is 11.5 Å². The summed E-state index contributed by atoms with van der Waals surface area (Å²) in [6, 6.07) is 0. The van der Waals surface area contributed by atoms with Gasteiger partial charge in [0.2, 0.25) is 0 Å². The van der Waals surface area contributed by atoms with E-state index in [1.807, 2.05) is 0 Å². The fraction of sp³-hybridized carbons (Fsp3) is 0. The maximum atomic E-state index is 10.7. The minimum absolute atomic E-state index is 0. The first kappa shape index (κ1) is 17.4. The molecule has 0 spiro atoms. The fourth-order valence-corrected chi connectivity index (χ4v) is 0.948. The first-order valence-electron chi connectivity index (χ1n) is 2.69. The van der Waals surface area contributed by atoms with Crippen LogP contribution >= 0.6 is 23.2 Å². The molecular weight excluding hydrogens is 253 g/mol. The molecule has 0 aromatic carbocycles. The molecule has 14 heavy (non-hydrogen) atoms. The van der Waals surface area contributed by atoms with Crippen LogP contribution in [0.15, 0.2) is 21.6 Å². The maximum absolute atomic E-state index is 10.7. The van der Waals surface area contributed by atoms with E-state index in [1.54, 1.807) is 0 Å².